The molecule has 1 heterocycles. The van der Waals surface area contributed by atoms with Crippen LogP contribution in [-0.4, -0.2) is 5.75 Å². The predicted molar refractivity (Wildman–Crippen MR) is 44.5 cm³/mol. The van der Waals surface area contributed by atoms with Crippen molar-refractivity contribution in [3.05, 3.63) is 5.75 Å². The second-order valence-electron chi connectivity index (χ2n) is 2.59. The van der Waals surface area contributed by atoms with Crippen molar-refractivity contribution in [1.29, 1.82) is 0 Å². The van der Waals surface area contributed by atoms with Gasteiger partial charge in [0, 0.05) is 5.75 Å². The lowest BCUT2D eigenvalue weighted by atomic mass is 10.1. The van der Waals surface area contributed by atoms with Gasteiger partial charge in [-0.15, -0.1) is 0 Å². The van der Waals surface area contributed by atoms with Crippen LogP contribution in [0.2, 0.25) is 0 Å². The summed E-state index contributed by atoms with van der Waals surface area (Å²) in [5.74, 6) is 3.74. The summed E-state index contributed by atoms with van der Waals surface area (Å²) in [6.07, 6.45) is 8.57. The summed E-state index contributed by atoms with van der Waals surface area (Å²) in [7, 11) is 0. The molecule has 0 unspecified atom stereocenters. The quantitative estimate of drug-likeness (QED) is 0.501. The summed E-state index contributed by atoms with van der Waals surface area (Å²) in [5, 5.41) is 0. The largest absolute Gasteiger partial charge is 0.157 e. The third-order valence-electron chi connectivity index (χ3n) is 1.70. The maximum Gasteiger partial charge on any atom is 0.0166 e. The molecule has 0 amide bonds. The van der Waals surface area contributed by atoms with Crippen LogP contribution in [0.25, 0.3) is 0 Å². The van der Waals surface area contributed by atoms with Crippen LogP contribution in [0.1, 0.15) is 38.5 Å². The van der Waals surface area contributed by atoms with Crippen molar-refractivity contribution in [3.63, 3.8) is 0 Å². The van der Waals surface area contributed by atoms with Crippen molar-refractivity contribution in [1.82, 2.24) is 0 Å². The lowest BCUT2D eigenvalue weighted by molar-refractivity contribution is 0.643. The van der Waals surface area contributed by atoms with Crippen LogP contribution >= 0.6 is 11.8 Å². The molecule has 0 bridgehead atoms. The van der Waals surface area contributed by atoms with Crippen LogP contribution in [0.3, 0.4) is 0 Å². The molecule has 9 heavy (non-hydrogen) atoms. The molecule has 1 aliphatic rings. The first-order valence-electron chi connectivity index (χ1n) is 3.93. The zero-order chi connectivity index (χ0) is 6.36. The first kappa shape index (κ1) is 7.46. The number of rotatable bonds is 0. The van der Waals surface area contributed by atoms with Gasteiger partial charge in [-0.3, -0.25) is 0 Å². The summed E-state index contributed by atoms with van der Waals surface area (Å²) in [4.78, 5) is 0. The number of thioether (sulfide) groups is 1. The molecule has 0 atom stereocenters. The van der Waals surface area contributed by atoms with Crippen LogP contribution in [0, 0.1) is 5.75 Å². The van der Waals surface area contributed by atoms with Gasteiger partial charge in [-0.2, -0.15) is 11.8 Å². The Morgan fingerprint density at radius 2 is 1.67 bits per heavy atom. The topological polar surface area (TPSA) is 0 Å². The molecule has 0 aromatic rings. The van der Waals surface area contributed by atoms with Gasteiger partial charge in [-0.25, -0.2) is 0 Å². The molecule has 1 saturated heterocycles. The third-order valence-corrected chi connectivity index (χ3v) is 2.70. The molecule has 1 aliphatic heterocycles. The molecule has 1 radical (unpaired) electrons. The fourth-order valence-electron chi connectivity index (χ4n) is 1.11. The van der Waals surface area contributed by atoms with Crippen LogP contribution in [0.15, 0.2) is 0 Å². The van der Waals surface area contributed by atoms with Crippen LogP contribution in [0.4, 0.5) is 0 Å². The smallest absolute Gasteiger partial charge is 0.0166 e. The molecule has 0 N–H and O–H groups in total. The van der Waals surface area contributed by atoms with Gasteiger partial charge in [0.2, 0.25) is 0 Å². The van der Waals surface area contributed by atoms with Crippen molar-refractivity contribution in [3.8, 4) is 0 Å². The van der Waals surface area contributed by atoms with Gasteiger partial charge in [0.15, 0.2) is 0 Å². The Bertz CT molecular complexity index is 33.1. The van der Waals surface area contributed by atoms with Gasteiger partial charge in [0.25, 0.3) is 0 Å². The standard InChI is InChI=1S/C8H15S/c1-2-4-6-8-9-7-5-3-1/h7H,1-6,8H2. The molecule has 1 heteroatoms. The Hall–Kier alpha value is 0.350. The second kappa shape index (κ2) is 5.16. The van der Waals surface area contributed by atoms with Crippen molar-refractivity contribution in [2.24, 2.45) is 0 Å². The molecule has 1 rings (SSSR count). The molecule has 1 fully saturated rings. The highest BCUT2D eigenvalue weighted by molar-refractivity contribution is 8.01. The van der Waals surface area contributed by atoms with Crippen LogP contribution in [0.5, 0.6) is 0 Å². The average Bonchev–Trinajstić information content (AvgIpc) is 2.00. The van der Waals surface area contributed by atoms with Gasteiger partial charge in [0.1, 0.15) is 0 Å². The first-order chi connectivity index (χ1) is 4.50. The Labute approximate surface area is 62.4 Å². The maximum atomic E-state index is 2.38. The minimum absolute atomic E-state index is 1.34. The molecule has 0 spiro atoms. The molecule has 0 saturated carbocycles. The molecular formula is C8H15S. The van der Waals surface area contributed by atoms with Crippen molar-refractivity contribution in [2.45, 2.75) is 38.5 Å². The maximum absolute atomic E-state index is 2.38. The molecule has 0 nitrogen and oxygen atoms in total. The predicted octanol–water partition coefficient (Wildman–Crippen LogP) is 3.24. The SMILES string of the molecule is [CH]1CCCCCCCS1. The summed E-state index contributed by atoms with van der Waals surface area (Å²) in [5.41, 5.74) is 0. The summed E-state index contributed by atoms with van der Waals surface area (Å²) >= 11 is 2.02. The zero-order valence-corrected chi connectivity index (χ0v) is 6.75. The van der Waals surface area contributed by atoms with E-state index >= 15 is 0 Å². The lowest BCUT2D eigenvalue weighted by Crippen LogP contribution is -1.76. The molecule has 0 aliphatic carbocycles. The van der Waals surface area contributed by atoms with E-state index in [1.807, 2.05) is 11.8 Å². The highest BCUT2D eigenvalue weighted by Crippen LogP contribution is 2.18. The Morgan fingerprint density at radius 1 is 0.889 bits per heavy atom. The normalized spacial score (nSPS) is 24.0. The Balaban J connectivity index is 2.02. The molecular weight excluding hydrogens is 128 g/mol. The number of hydrogen-bond donors (Lipinski definition) is 0. The van der Waals surface area contributed by atoms with E-state index in [1.165, 1.54) is 44.3 Å². The van der Waals surface area contributed by atoms with Gasteiger partial charge >= 0.3 is 0 Å². The fourth-order valence-corrected chi connectivity index (χ4v) is 1.98. The summed E-state index contributed by atoms with van der Waals surface area (Å²) in [6.45, 7) is 0. The average molecular weight is 143 g/mol. The minimum atomic E-state index is 1.34. The van der Waals surface area contributed by atoms with Crippen LogP contribution in [-0.2, 0) is 0 Å². The Kier molecular flexibility index (Phi) is 4.28. The van der Waals surface area contributed by atoms with E-state index in [4.69, 9.17) is 0 Å². The van der Waals surface area contributed by atoms with Gasteiger partial charge in [-0.05, 0) is 18.6 Å². The van der Waals surface area contributed by atoms with Gasteiger partial charge < -0.3 is 0 Å². The Morgan fingerprint density at radius 3 is 2.67 bits per heavy atom. The second-order valence-corrected chi connectivity index (χ2v) is 3.67. The van der Waals surface area contributed by atoms with E-state index in [9.17, 15) is 0 Å². The molecule has 0 aromatic heterocycles. The van der Waals surface area contributed by atoms with E-state index in [-0.39, 0.29) is 0 Å². The molecule has 53 valence electrons. The summed E-state index contributed by atoms with van der Waals surface area (Å²) < 4.78 is 0. The van der Waals surface area contributed by atoms with Crippen molar-refractivity contribution in [2.75, 3.05) is 5.75 Å². The van der Waals surface area contributed by atoms with E-state index in [0.29, 0.717) is 0 Å². The molecule has 0 aromatic carbocycles. The monoisotopic (exact) mass is 143 g/mol. The summed E-state index contributed by atoms with van der Waals surface area (Å²) in [6, 6.07) is 0. The van der Waals surface area contributed by atoms with Gasteiger partial charge in [-0.1, -0.05) is 25.7 Å². The lowest BCUT2D eigenvalue weighted by Gasteiger charge is -1.93. The van der Waals surface area contributed by atoms with E-state index < -0.39 is 0 Å². The fraction of sp³-hybridized carbons (Fsp3) is 0.875. The highest BCUT2D eigenvalue weighted by Gasteiger charge is 1.96. The van der Waals surface area contributed by atoms with E-state index in [2.05, 4.69) is 5.75 Å². The van der Waals surface area contributed by atoms with E-state index in [1.54, 1.807) is 0 Å². The first-order valence-corrected chi connectivity index (χ1v) is 4.98. The third kappa shape index (κ3) is 3.85. The number of hydrogen-bond acceptors (Lipinski definition) is 1. The van der Waals surface area contributed by atoms with Crippen LogP contribution < -0.4 is 0 Å². The van der Waals surface area contributed by atoms with Crippen molar-refractivity contribution >= 4 is 11.8 Å². The van der Waals surface area contributed by atoms with Crippen molar-refractivity contribution < 1.29 is 0 Å². The minimum Gasteiger partial charge on any atom is -0.157 e. The highest BCUT2D eigenvalue weighted by atomic mass is 32.2. The van der Waals surface area contributed by atoms with Gasteiger partial charge in [0.05, 0.1) is 0 Å². The van der Waals surface area contributed by atoms with E-state index in [0.717, 1.165) is 0 Å². The zero-order valence-electron chi connectivity index (χ0n) is 5.94.